The van der Waals surface area contributed by atoms with Gasteiger partial charge in [0.25, 0.3) is 5.91 Å². The summed E-state index contributed by atoms with van der Waals surface area (Å²) in [6.45, 7) is 7.36. The maximum absolute atomic E-state index is 13.4. The highest BCUT2D eigenvalue weighted by Gasteiger charge is 2.21. The van der Waals surface area contributed by atoms with Gasteiger partial charge < -0.3 is 14.8 Å². The Kier molecular flexibility index (Phi) is 7.95. The molecule has 3 aromatic carbocycles. The quantitative estimate of drug-likeness (QED) is 0.226. The van der Waals surface area contributed by atoms with Crippen LogP contribution in [0.25, 0.3) is 22.2 Å². The predicted octanol–water partition coefficient (Wildman–Crippen LogP) is 6.06. The Morgan fingerprint density at radius 3 is 2.33 bits per heavy atom. The van der Waals surface area contributed by atoms with E-state index >= 15 is 0 Å². The number of pyridine rings is 1. The predicted molar refractivity (Wildman–Crippen MR) is 154 cm³/mol. The second-order valence-electron chi connectivity index (χ2n) is 10.1. The van der Waals surface area contributed by atoms with Crippen molar-refractivity contribution in [3.05, 3.63) is 83.9 Å². The van der Waals surface area contributed by atoms with Gasteiger partial charge in [-0.3, -0.25) is 9.59 Å². The number of benzene rings is 3. The fourth-order valence-electron chi connectivity index (χ4n) is 3.91. The number of nitrogens with zero attached hydrogens (tertiary/aromatic N) is 2. The van der Waals surface area contributed by atoms with E-state index in [1.807, 2.05) is 81.4 Å². The first kappa shape index (κ1) is 27.3. The molecular formula is C31H32N4O4. The van der Waals surface area contributed by atoms with Gasteiger partial charge >= 0.3 is 0 Å². The number of hydrazone groups is 1. The number of aromatic nitrogens is 1. The van der Waals surface area contributed by atoms with Crippen molar-refractivity contribution in [1.29, 1.82) is 0 Å². The van der Waals surface area contributed by atoms with E-state index in [9.17, 15) is 9.59 Å². The summed E-state index contributed by atoms with van der Waals surface area (Å²) < 4.78 is 10.8. The number of fused-ring (bicyclic) bond motifs is 1. The molecule has 4 rings (SSSR count). The van der Waals surface area contributed by atoms with Crippen molar-refractivity contribution in [2.75, 3.05) is 19.5 Å². The van der Waals surface area contributed by atoms with Gasteiger partial charge in [0.2, 0.25) is 5.91 Å². The minimum absolute atomic E-state index is 0.0857. The van der Waals surface area contributed by atoms with E-state index in [1.165, 1.54) is 0 Å². The summed E-state index contributed by atoms with van der Waals surface area (Å²) in [5.74, 6) is 0.716. The largest absolute Gasteiger partial charge is 0.493 e. The molecule has 8 nitrogen and oxygen atoms in total. The molecule has 1 aromatic heterocycles. The zero-order valence-corrected chi connectivity index (χ0v) is 23.0. The van der Waals surface area contributed by atoms with Crippen LogP contribution in [0.15, 0.2) is 77.9 Å². The Bertz CT molecular complexity index is 1570. The highest BCUT2D eigenvalue weighted by atomic mass is 16.5. The lowest BCUT2D eigenvalue weighted by Crippen LogP contribution is -2.27. The van der Waals surface area contributed by atoms with Crippen LogP contribution in [0.2, 0.25) is 0 Å². The van der Waals surface area contributed by atoms with Crippen LogP contribution < -0.4 is 20.2 Å². The van der Waals surface area contributed by atoms with Crippen LogP contribution >= 0.6 is 0 Å². The third kappa shape index (κ3) is 6.23. The summed E-state index contributed by atoms with van der Waals surface area (Å²) in [5.41, 5.74) is 6.70. The first-order chi connectivity index (χ1) is 18.6. The molecule has 39 heavy (non-hydrogen) atoms. The molecule has 0 radical (unpaired) electrons. The minimum atomic E-state index is -0.518. The van der Waals surface area contributed by atoms with Gasteiger partial charge in [-0.15, -0.1) is 0 Å². The molecule has 0 saturated carbocycles. The van der Waals surface area contributed by atoms with Crippen molar-refractivity contribution >= 4 is 34.1 Å². The van der Waals surface area contributed by atoms with Crippen LogP contribution in [0.4, 0.5) is 5.69 Å². The molecule has 0 atom stereocenters. The standard InChI is InChI=1S/C31H32N4O4/c1-19(20-10-9-11-22(16-20)32-30(37)31(2,3)4)34-35-29(36)24-18-26(33-25-13-8-7-12-23(24)25)21-14-15-27(38-5)28(17-21)39-6/h7-18H,1-6H3,(H,32,37)(H,35,36)/b34-19-. The van der Waals surface area contributed by atoms with Crippen molar-refractivity contribution in [2.45, 2.75) is 27.7 Å². The molecule has 0 aliphatic heterocycles. The van der Waals surface area contributed by atoms with Crippen LogP contribution in [0.3, 0.4) is 0 Å². The monoisotopic (exact) mass is 524 g/mol. The van der Waals surface area contributed by atoms with Gasteiger partial charge in [-0.1, -0.05) is 51.1 Å². The summed E-state index contributed by atoms with van der Waals surface area (Å²) in [7, 11) is 3.15. The maximum atomic E-state index is 13.4. The number of carbonyl (C=O) groups is 2. The Morgan fingerprint density at radius 2 is 1.62 bits per heavy atom. The molecular weight excluding hydrogens is 492 g/mol. The average Bonchev–Trinajstić information content (AvgIpc) is 2.94. The minimum Gasteiger partial charge on any atom is -0.493 e. The zero-order valence-electron chi connectivity index (χ0n) is 23.0. The van der Waals surface area contributed by atoms with Gasteiger partial charge in [-0.2, -0.15) is 5.10 Å². The Morgan fingerprint density at radius 1 is 0.872 bits per heavy atom. The lowest BCUT2D eigenvalue weighted by atomic mass is 9.95. The number of amides is 2. The third-order valence-corrected chi connectivity index (χ3v) is 6.18. The molecule has 0 unspecified atom stereocenters. The molecule has 0 saturated heterocycles. The van der Waals surface area contributed by atoms with Gasteiger partial charge in [0.05, 0.1) is 36.7 Å². The number of methoxy groups -OCH3 is 2. The summed E-state index contributed by atoms with van der Waals surface area (Å²) in [4.78, 5) is 30.5. The first-order valence-corrected chi connectivity index (χ1v) is 12.5. The number of para-hydroxylation sites is 1. The molecule has 0 fully saturated rings. The molecule has 0 aliphatic carbocycles. The van der Waals surface area contributed by atoms with Crippen LogP contribution in [0.1, 0.15) is 43.6 Å². The molecule has 200 valence electrons. The molecule has 0 spiro atoms. The van der Waals surface area contributed by atoms with E-state index in [-0.39, 0.29) is 11.8 Å². The Balaban J connectivity index is 1.63. The van der Waals surface area contributed by atoms with Crippen molar-refractivity contribution in [1.82, 2.24) is 10.4 Å². The number of nitrogens with one attached hydrogen (secondary N) is 2. The van der Waals surface area contributed by atoms with E-state index < -0.39 is 5.41 Å². The number of hydrogen-bond donors (Lipinski definition) is 2. The van der Waals surface area contributed by atoms with Crippen molar-refractivity contribution in [3.63, 3.8) is 0 Å². The van der Waals surface area contributed by atoms with E-state index in [2.05, 4.69) is 15.8 Å². The molecule has 2 N–H and O–H groups in total. The lowest BCUT2D eigenvalue weighted by Gasteiger charge is -2.18. The summed E-state index contributed by atoms with van der Waals surface area (Å²) in [5, 5.41) is 7.97. The smallest absolute Gasteiger partial charge is 0.272 e. The van der Waals surface area contributed by atoms with E-state index in [0.29, 0.717) is 45.1 Å². The number of rotatable bonds is 7. The van der Waals surface area contributed by atoms with Gasteiger partial charge in [-0.05, 0) is 55.0 Å². The summed E-state index contributed by atoms with van der Waals surface area (Å²) in [6, 6.07) is 22.0. The fraction of sp³-hybridized carbons (Fsp3) is 0.226. The third-order valence-electron chi connectivity index (χ3n) is 6.18. The molecule has 2 amide bonds. The summed E-state index contributed by atoms with van der Waals surface area (Å²) in [6.07, 6.45) is 0. The number of anilines is 1. The van der Waals surface area contributed by atoms with Crippen LogP contribution in [-0.2, 0) is 4.79 Å². The van der Waals surface area contributed by atoms with E-state index in [1.54, 1.807) is 33.3 Å². The Hall–Kier alpha value is -4.72. The SMILES string of the molecule is COc1ccc(-c2cc(C(=O)N/N=C(/C)c3cccc(NC(=O)C(C)(C)C)c3)c3ccccc3n2)cc1OC. The van der Waals surface area contributed by atoms with Crippen molar-refractivity contribution in [3.8, 4) is 22.8 Å². The van der Waals surface area contributed by atoms with Crippen LogP contribution in [-0.4, -0.2) is 36.7 Å². The molecule has 8 heteroatoms. The topological polar surface area (TPSA) is 102 Å². The zero-order chi connectivity index (χ0) is 28.2. The van der Waals surface area contributed by atoms with Gasteiger partial charge in [0.15, 0.2) is 11.5 Å². The highest BCUT2D eigenvalue weighted by Crippen LogP contribution is 2.33. The van der Waals surface area contributed by atoms with E-state index in [0.717, 1.165) is 11.1 Å². The van der Waals surface area contributed by atoms with Crippen molar-refractivity contribution in [2.24, 2.45) is 10.5 Å². The second-order valence-corrected chi connectivity index (χ2v) is 10.1. The average molecular weight is 525 g/mol. The van der Waals surface area contributed by atoms with Crippen molar-refractivity contribution < 1.29 is 19.1 Å². The van der Waals surface area contributed by atoms with Gasteiger partial charge in [-0.25, -0.2) is 10.4 Å². The number of carbonyl (C=O) groups excluding carboxylic acids is 2. The number of ether oxygens (including phenoxy) is 2. The molecule has 0 bridgehead atoms. The maximum Gasteiger partial charge on any atom is 0.272 e. The van der Waals surface area contributed by atoms with Gasteiger partial charge in [0.1, 0.15) is 0 Å². The first-order valence-electron chi connectivity index (χ1n) is 12.5. The molecule has 0 aliphatic rings. The highest BCUT2D eigenvalue weighted by molar-refractivity contribution is 6.08. The van der Waals surface area contributed by atoms with Gasteiger partial charge in [0, 0.05) is 22.1 Å². The normalized spacial score (nSPS) is 11.7. The molecule has 1 heterocycles. The van der Waals surface area contributed by atoms with E-state index in [4.69, 9.17) is 14.5 Å². The lowest BCUT2D eigenvalue weighted by molar-refractivity contribution is -0.123. The van der Waals surface area contributed by atoms with Crippen LogP contribution in [0.5, 0.6) is 11.5 Å². The summed E-state index contributed by atoms with van der Waals surface area (Å²) >= 11 is 0. The number of hydrogen-bond acceptors (Lipinski definition) is 6. The molecule has 4 aromatic rings. The van der Waals surface area contributed by atoms with Crippen LogP contribution in [0, 0.1) is 5.41 Å². The fourth-order valence-corrected chi connectivity index (χ4v) is 3.91. The Labute approximate surface area is 228 Å². The second kappa shape index (κ2) is 11.3.